The summed E-state index contributed by atoms with van der Waals surface area (Å²) in [4.78, 5) is 2.43. The number of fused-ring (bicyclic) bond motifs is 1. The van der Waals surface area contributed by atoms with E-state index in [-0.39, 0.29) is 5.54 Å². The molecule has 0 spiro atoms. The van der Waals surface area contributed by atoms with Gasteiger partial charge >= 0.3 is 0 Å². The highest BCUT2D eigenvalue weighted by atomic mass is 15.2. The lowest BCUT2D eigenvalue weighted by molar-refractivity contribution is 0.305. The van der Waals surface area contributed by atoms with Crippen LogP contribution in [-0.4, -0.2) is 35.9 Å². The molecule has 1 fully saturated rings. The molecule has 0 radical (unpaired) electrons. The molecule has 4 nitrogen and oxygen atoms in total. The molecule has 0 unspecified atom stereocenters. The number of rotatable bonds is 2. The summed E-state index contributed by atoms with van der Waals surface area (Å²) in [5.41, 5.74) is 2.46. The van der Waals surface area contributed by atoms with Crippen LogP contribution in [0.1, 0.15) is 19.8 Å². The van der Waals surface area contributed by atoms with Gasteiger partial charge < -0.3 is 10.2 Å². The summed E-state index contributed by atoms with van der Waals surface area (Å²) in [7, 11) is 2.05. The second-order valence-corrected chi connectivity index (χ2v) is 5.54. The number of piperidine rings is 1. The van der Waals surface area contributed by atoms with Crippen LogP contribution in [0.25, 0.3) is 10.9 Å². The topological polar surface area (TPSA) is 41.0 Å². The first kappa shape index (κ1) is 12.4. The third-order valence-electron chi connectivity index (χ3n) is 4.34. The van der Waals surface area contributed by atoms with Gasteiger partial charge in [0.05, 0.1) is 17.4 Å². The zero-order chi connectivity index (χ0) is 13.3. The number of hydrogen-bond acceptors (Lipinski definition) is 4. The smallest absolute Gasteiger partial charge is 0.0950 e. The van der Waals surface area contributed by atoms with Gasteiger partial charge in [0.1, 0.15) is 0 Å². The van der Waals surface area contributed by atoms with Crippen molar-refractivity contribution in [2.45, 2.75) is 25.3 Å². The molecule has 1 aliphatic rings. The summed E-state index contributed by atoms with van der Waals surface area (Å²) in [6.07, 6.45) is 4.20. The van der Waals surface area contributed by atoms with Crippen LogP contribution in [-0.2, 0) is 0 Å². The molecule has 1 N–H and O–H groups in total. The number of nitrogens with zero attached hydrogens (tertiary/aromatic N) is 3. The number of hydrogen-bond donors (Lipinski definition) is 1. The Kier molecular flexibility index (Phi) is 3.11. The number of benzene rings is 1. The van der Waals surface area contributed by atoms with E-state index >= 15 is 0 Å². The SMILES string of the molecule is CNC1(C)CCN(c2cnnc3ccccc23)CC1. The molecule has 100 valence electrons. The number of anilines is 1. The van der Waals surface area contributed by atoms with Gasteiger partial charge in [-0.15, -0.1) is 0 Å². The quantitative estimate of drug-likeness (QED) is 0.894. The van der Waals surface area contributed by atoms with Gasteiger partial charge in [-0.05, 0) is 32.9 Å². The third kappa shape index (κ3) is 2.28. The molecule has 1 aliphatic heterocycles. The molecule has 0 aliphatic carbocycles. The van der Waals surface area contributed by atoms with E-state index in [2.05, 4.69) is 46.5 Å². The average molecular weight is 256 g/mol. The van der Waals surface area contributed by atoms with Crippen LogP contribution in [0.2, 0.25) is 0 Å². The van der Waals surface area contributed by atoms with Crippen LogP contribution >= 0.6 is 0 Å². The Balaban J connectivity index is 1.90. The lowest BCUT2D eigenvalue weighted by Gasteiger charge is -2.40. The van der Waals surface area contributed by atoms with E-state index in [1.54, 1.807) is 0 Å². The normalized spacial score (nSPS) is 18.7. The van der Waals surface area contributed by atoms with Crippen molar-refractivity contribution >= 4 is 16.6 Å². The second-order valence-electron chi connectivity index (χ2n) is 5.54. The molecular weight excluding hydrogens is 236 g/mol. The van der Waals surface area contributed by atoms with E-state index in [1.807, 2.05) is 18.3 Å². The van der Waals surface area contributed by atoms with E-state index in [4.69, 9.17) is 0 Å². The summed E-state index contributed by atoms with van der Waals surface area (Å²) < 4.78 is 0. The van der Waals surface area contributed by atoms with Crippen molar-refractivity contribution in [3.63, 3.8) is 0 Å². The number of aromatic nitrogens is 2. The first-order chi connectivity index (χ1) is 9.22. The summed E-state index contributed by atoms with van der Waals surface area (Å²) in [5.74, 6) is 0. The van der Waals surface area contributed by atoms with Gasteiger partial charge in [-0.3, -0.25) is 0 Å². The van der Waals surface area contributed by atoms with Crippen molar-refractivity contribution in [3.05, 3.63) is 30.5 Å². The zero-order valence-corrected chi connectivity index (χ0v) is 11.6. The van der Waals surface area contributed by atoms with Gasteiger partial charge in [0, 0.05) is 24.0 Å². The molecule has 0 saturated carbocycles. The fourth-order valence-corrected chi connectivity index (χ4v) is 2.74. The molecule has 2 aromatic rings. The maximum Gasteiger partial charge on any atom is 0.0950 e. The summed E-state index contributed by atoms with van der Waals surface area (Å²) in [5, 5.41) is 13.0. The maximum absolute atomic E-state index is 4.19. The third-order valence-corrected chi connectivity index (χ3v) is 4.34. The molecule has 1 aromatic carbocycles. The molecule has 4 heteroatoms. The minimum atomic E-state index is 0.271. The Morgan fingerprint density at radius 3 is 2.68 bits per heavy atom. The van der Waals surface area contributed by atoms with Gasteiger partial charge in [0.15, 0.2) is 0 Å². The molecule has 1 saturated heterocycles. The highest BCUT2D eigenvalue weighted by Crippen LogP contribution is 2.29. The van der Waals surface area contributed by atoms with Gasteiger partial charge in [-0.2, -0.15) is 10.2 Å². The van der Waals surface area contributed by atoms with E-state index in [9.17, 15) is 0 Å². The van der Waals surface area contributed by atoms with E-state index in [1.165, 1.54) is 11.1 Å². The summed E-state index contributed by atoms with van der Waals surface area (Å²) >= 11 is 0. The van der Waals surface area contributed by atoms with Crippen molar-refractivity contribution < 1.29 is 0 Å². The largest absolute Gasteiger partial charge is 0.370 e. The van der Waals surface area contributed by atoms with Crippen LogP contribution in [0.5, 0.6) is 0 Å². The molecule has 19 heavy (non-hydrogen) atoms. The predicted octanol–water partition coefficient (Wildman–Crippen LogP) is 2.21. The molecule has 3 rings (SSSR count). The molecule has 0 atom stereocenters. The van der Waals surface area contributed by atoms with Gasteiger partial charge in [-0.25, -0.2) is 0 Å². The van der Waals surface area contributed by atoms with Crippen LogP contribution in [0.15, 0.2) is 30.5 Å². The first-order valence-electron chi connectivity index (χ1n) is 6.86. The number of nitrogens with one attached hydrogen (secondary N) is 1. The monoisotopic (exact) mass is 256 g/mol. The van der Waals surface area contributed by atoms with Crippen LogP contribution in [0, 0.1) is 0 Å². The van der Waals surface area contributed by atoms with Crippen LogP contribution < -0.4 is 10.2 Å². The lowest BCUT2D eigenvalue weighted by Crippen LogP contribution is -2.50. The van der Waals surface area contributed by atoms with Crippen molar-refractivity contribution in [3.8, 4) is 0 Å². The van der Waals surface area contributed by atoms with E-state index < -0.39 is 0 Å². The maximum atomic E-state index is 4.19. The van der Waals surface area contributed by atoms with Crippen LogP contribution in [0.4, 0.5) is 5.69 Å². The molecule has 0 bridgehead atoms. The van der Waals surface area contributed by atoms with E-state index in [0.29, 0.717) is 0 Å². The van der Waals surface area contributed by atoms with Crippen molar-refractivity contribution in [2.75, 3.05) is 25.0 Å². The van der Waals surface area contributed by atoms with Crippen molar-refractivity contribution in [1.29, 1.82) is 0 Å². The highest BCUT2D eigenvalue weighted by molar-refractivity contribution is 5.90. The molecule has 2 heterocycles. The molecular formula is C15H20N4. The van der Waals surface area contributed by atoms with Gasteiger partial charge in [-0.1, -0.05) is 18.2 Å². The Morgan fingerprint density at radius 1 is 1.21 bits per heavy atom. The standard InChI is InChI=1S/C15H20N4/c1-15(16-2)7-9-19(10-8-15)14-11-17-18-13-6-4-3-5-12(13)14/h3-6,11,16H,7-10H2,1-2H3. The summed E-state index contributed by atoms with van der Waals surface area (Å²) in [6.45, 7) is 4.42. The molecule has 0 amide bonds. The Hall–Kier alpha value is -1.68. The van der Waals surface area contributed by atoms with Gasteiger partial charge in [0.25, 0.3) is 0 Å². The Morgan fingerprint density at radius 2 is 1.95 bits per heavy atom. The molecule has 1 aromatic heterocycles. The minimum absolute atomic E-state index is 0.271. The van der Waals surface area contributed by atoms with Crippen molar-refractivity contribution in [1.82, 2.24) is 15.5 Å². The minimum Gasteiger partial charge on any atom is -0.370 e. The fourth-order valence-electron chi connectivity index (χ4n) is 2.74. The van der Waals surface area contributed by atoms with Crippen LogP contribution in [0.3, 0.4) is 0 Å². The lowest BCUT2D eigenvalue weighted by atomic mass is 9.89. The highest BCUT2D eigenvalue weighted by Gasteiger charge is 2.28. The first-order valence-corrected chi connectivity index (χ1v) is 6.86. The Labute approximate surface area is 113 Å². The fraction of sp³-hybridized carbons (Fsp3) is 0.467. The second kappa shape index (κ2) is 4.78. The zero-order valence-electron chi connectivity index (χ0n) is 11.6. The predicted molar refractivity (Wildman–Crippen MR) is 78.4 cm³/mol. The van der Waals surface area contributed by atoms with Crippen molar-refractivity contribution in [2.24, 2.45) is 0 Å². The van der Waals surface area contributed by atoms with E-state index in [0.717, 1.165) is 31.4 Å². The Bertz CT molecular complexity index is 568. The summed E-state index contributed by atoms with van der Waals surface area (Å²) in [6, 6.07) is 8.23. The average Bonchev–Trinajstić information content (AvgIpc) is 2.48. The van der Waals surface area contributed by atoms with Gasteiger partial charge in [0.2, 0.25) is 0 Å².